The number of aromatic nitrogens is 4. The van der Waals surface area contributed by atoms with Gasteiger partial charge in [-0.2, -0.15) is 10.1 Å². The van der Waals surface area contributed by atoms with Gasteiger partial charge in [0.1, 0.15) is 16.7 Å². The second kappa shape index (κ2) is 11.0. The van der Waals surface area contributed by atoms with Crippen LogP contribution in [0.2, 0.25) is 0 Å². The van der Waals surface area contributed by atoms with Crippen LogP contribution >= 0.6 is 0 Å². The van der Waals surface area contributed by atoms with Crippen molar-refractivity contribution in [1.29, 1.82) is 0 Å². The van der Waals surface area contributed by atoms with E-state index >= 15 is 0 Å². The van der Waals surface area contributed by atoms with Crippen molar-refractivity contribution in [2.75, 3.05) is 24.9 Å². The van der Waals surface area contributed by atoms with Crippen molar-refractivity contribution in [3.05, 3.63) is 77.6 Å². The van der Waals surface area contributed by atoms with E-state index in [1.54, 1.807) is 20.2 Å². The molecule has 2 aromatic heterocycles. The van der Waals surface area contributed by atoms with E-state index in [4.69, 9.17) is 9.47 Å². The van der Waals surface area contributed by atoms with Gasteiger partial charge in [-0.05, 0) is 49.1 Å². The Hall–Kier alpha value is -3.96. The van der Waals surface area contributed by atoms with Crippen LogP contribution in [0.4, 0.5) is 5.95 Å². The zero-order valence-corrected chi connectivity index (χ0v) is 23.3. The summed E-state index contributed by atoms with van der Waals surface area (Å²) in [4.78, 5) is 11.4. The van der Waals surface area contributed by atoms with Gasteiger partial charge in [0.15, 0.2) is 0 Å². The first kappa shape index (κ1) is 26.6. The highest BCUT2D eigenvalue weighted by atomic mass is 32.2. The van der Waals surface area contributed by atoms with Gasteiger partial charge in [0.05, 0.1) is 19.0 Å². The predicted molar refractivity (Wildman–Crippen MR) is 148 cm³/mol. The summed E-state index contributed by atoms with van der Waals surface area (Å²) in [6, 6.07) is 15.8. The first-order valence-electron chi connectivity index (χ1n) is 12.7. The van der Waals surface area contributed by atoms with E-state index in [9.17, 15) is 8.42 Å². The molecule has 0 amide bonds. The average Bonchev–Trinajstić information content (AvgIpc) is 3.53. The maximum atomic E-state index is 13.0. The average molecular weight is 549 g/mol. The molecule has 1 fully saturated rings. The molecule has 3 heterocycles. The maximum absolute atomic E-state index is 13.0. The third kappa shape index (κ3) is 6.21. The molecule has 5 rings (SSSR count). The van der Waals surface area contributed by atoms with Crippen LogP contribution in [0.15, 0.2) is 65.8 Å². The molecule has 1 aliphatic rings. The monoisotopic (exact) mass is 548 g/mol. The molecule has 10 nitrogen and oxygen atoms in total. The first-order valence-corrected chi connectivity index (χ1v) is 14.2. The fraction of sp³-hybridized carbons (Fsp3) is 0.321. The van der Waals surface area contributed by atoms with Gasteiger partial charge >= 0.3 is 0 Å². The zero-order valence-electron chi connectivity index (χ0n) is 22.5. The molecule has 0 spiro atoms. The summed E-state index contributed by atoms with van der Waals surface area (Å²) in [6.45, 7) is 6.41. The van der Waals surface area contributed by atoms with Crippen molar-refractivity contribution in [3.63, 3.8) is 0 Å². The van der Waals surface area contributed by atoms with Gasteiger partial charge in [0.2, 0.25) is 11.8 Å². The Bertz CT molecular complexity index is 1550. The van der Waals surface area contributed by atoms with Gasteiger partial charge in [-0.3, -0.25) is 9.58 Å². The van der Waals surface area contributed by atoms with Crippen LogP contribution in [0.25, 0.3) is 11.3 Å². The van der Waals surface area contributed by atoms with E-state index in [0.717, 1.165) is 48.5 Å². The largest absolute Gasteiger partial charge is 0.497 e. The summed E-state index contributed by atoms with van der Waals surface area (Å²) >= 11 is 0. The van der Waals surface area contributed by atoms with Crippen LogP contribution in [-0.4, -0.2) is 59.4 Å². The Kier molecular flexibility index (Phi) is 7.53. The number of hydrogen-bond acceptors (Lipinski definition) is 8. The van der Waals surface area contributed by atoms with Crippen LogP contribution in [0.5, 0.6) is 11.6 Å². The summed E-state index contributed by atoms with van der Waals surface area (Å²) in [7, 11) is -0.622. The highest BCUT2D eigenvalue weighted by Gasteiger charge is 2.26. The Morgan fingerprint density at radius 3 is 2.49 bits per heavy atom. The van der Waals surface area contributed by atoms with Crippen molar-refractivity contribution in [1.82, 2.24) is 24.6 Å². The molecule has 0 saturated carbocycles. The summed E-state index contributed by atoms with van der Waals surface area (Å²) in [5, 5.41) is 3.97. The zero-order chi connectivity index (χ0) is 27.6. The molecule has 39 heavy (non-hydrogen) atoms. The van der Waals surface area contributed by atoms with Crippen LogP contribution in [0, 0.1) is 13.8 Å². The normalized spacial score (nSPS) is 15.8. The Morgan fingerprint density at radius 2 is 1.82 bits per heavy atom. The number of rotatable bonds is 9. The fourth-order valence-corrected chi connectivity index (χ4v) is 5.72. The lowest BCUT2D eigenvalue weighted by Crippen LogP contribution is -2.25. The molecule has 11 heteroatoms. The SMILES string of the molecule is COc1ccc(CN2CCC(Oc3cc(-c4c(C)cccc4C)nc(NS(=O)(=O)c4cnn(C)c4)n3)C2)cc1. The van der Waals surface area contributed by atoms with Crippen LogP contribution < -0.4 is 14.2 Å². The number of anilines is 1. The van der Waals surface area contributed by atoms with Crippen molar-refractivity contribution in [3.8, 4) is 22.9 Å². The predicted octanol–water partition coefficient (Wildman–Crippen LogP) is 3.96. The van der Waals surface area contributed by atoms with Crippen molar-refractivity contribution < 1.29 is 17.9 Å². The minimum Gasteiger partial charge on any atom is -0.497 e. The lowest BCUT2D eigenvalue weighted by molar-refractivity contribution is 0.191. The maximum Gasteiger partial charge on any atom is 0.267 e. The lowest BCUT2D eigenvalue weighted by atomic mass is 10.00. The minimum atomic E-state index is -3.94. The van der Waals surface area contributed by atoms with Gasteiger partial charge in [-0.1, -0.05) is 30.3 Å². The van der Waals surface area contributed by atoms with Crippen molar-refractivity contribution in [2.45, 2.75) is 37.8 Å². The summed E-state index contributed by atoms with van der Waals surface area (Å²) < 4.78 is 41.5. The van der Waals surface area contributed by atoms with E-state index in [0.29, 0.717) is 11.6 Å². The van der Waals surface area contributed by atoms with E-state index in [2.05, 4.69) is 36.8 Å². The van der Waals surface area contributed by atoms with E-state index in [1.165, 1.54) is 22.6 Å². The Balaban J connectivity index is 1.39. The molecular weight excluding hydrogens is 516 g/mol. The number of aryl methyl sites for hydroxylation is 3. The molecule has 1 unspecified atom stereocenters. The number of nitrogens with zero attached hydrogens (tertiary/aromatic N) is 5. The molecule has 1 saturated heterocycles. The molecule has 1 aliphatic heterocycles. The molecule has 2 aromatic carbocycles. The number of sulfonamides is 1. The topological polar surface area (TPSA) is 111 Å². The second-order valence-electron chi connectivity index (χ2n) is 9.75. The molecule has 0 bridgehead atoms. The molecule has 0 radical (unpaired) electrons. The van der Waals surface area contributed by atoms with E-state index in [-0.39, 0.29) is 16.9 Å². The van der Waals surface area contributed by atoms with Crippen molar-refractivity contribution >= 4 is 16.0 Å². The number of hydrogen-bond donors (Lipinski definition) is 1. The molecule has 4 aromatic rings. The second-order valence-corrected chi connectivity index (χ2v) is 11.4. The summed E-state index contributed by atoms with van der Waals surface area (Å²) in [5.74, 6) is 1.10. The molecular formula is C28H32N6O4S. The first-order chi connectivity index (χ1) is 18.7. The fourth-order valence-electron chi connectivity index (χ4n) is 4.79. The molecule has 1 atom stereocenters. The number of ether oxygens (including phenoxy) is 2. The number of methoxy groups -OCH3 is 1. The highest BCUT2D eigenvalue weighted by molar-refractivity contribution is 7.92. The smallest absolute Gasteiger partial charge is 0.267 e. The minimum absolute atomic E-state index is 0.0264. The standard InChI is InChI=1S/C28H32N6O4S/c1-19-6-5-7-20(2)27(19)25-14-26(31-28(30-25)32-39(35,36)24-15-29-33(3)18-24)38-23-12-13-34(17-23)16-21-8-10-22(37-4)11-9-21/h5-11,14-15,18,23H,12-13,16-17H2,1-4H3,(H,30,31,32). The Labute approximate surface area is 228 Å². The summed E-state index contributed by atoms with van der Waals surface area (Å²) in [5.41, 5.74) is 4.74. The third-order valence-corrected chi connectivity index (χ3v) is 8.02. The van der Waals surface area contributed by atoms with Crippen molar-refractivity contribution in [2.24, 2.45) is 7.05 Å². The van der Waals surface area contributed by atoms with Gasteiger partial charge in [-0.25, -0.2) is 18.1 Å². The summed E-state index contributed by atoms with van der Waals surface area (Å²) in [6.07, 6.45) is 3.44. The van der Waals surface area contributed by atoms with Gasteiger partial charge in [0.25, 0.3) is 10.0 Å². The van der Waals surface area contributed by atoms with Gasteiger partial charge < -0.3 is 9.47 Å². The number of nitrogens with one attached hydrogen (secondary N) is 1. The number of benzene rings is 2. The van der Waals surface area contributed by atoms with Crippen LogP contribution in [0.3, 0.4) is 0 Å². The molecule has 204 valence electrons. The van der Waals surface area contributed by atoms with Gasteiger partial charge in [-0.15, -0.1) is 0 Å². The quantitative estimate of drug-likeness (QED) is 0.335. The third-order valence-electron chi connectivity index (χ3n) is 6.74. The van der Waals surface area contributed by atoms with E-state index in [1.807, 2.05) is 44.2 Å². The van der Waals surface area contributed by atoms with E-state index < -0.39 is 10.0 Å². The Morgan fingerprint density at radius 1 is 1.08 bits per heavy atom. The molecule has 1 N–H and O–H groups in total. The highest BCUT2D eigenvalue weighted by Crippen LogP contribution is 2.30. The number of likely N-dealkylation sites (tertiary alicyclic amines) is 1. The lowest BCUT2D eigenvalue weighted by Gasteiger charge is -2.18. The van der Waals surface area contributed by atoms with Crippen LogP contribution in [0.1, 0.15) is 23.1 Å². The van der Waals surface area contributed by atoms with Crippen LogP contribution in [-0.2, 0) is 23.6 Å². The van der Waals surface area contributed by atoms with Gasteiger partial charge in [0, 0.05) is 44.5 Å². The molecule has 0 aliphatic carbocycles.